The van der Waals surface area contributed by atoms with Gasteiger partial charge in [-0.1, -0.05) is 25.7 Å². The van der Waals surface area contributed by atoms with E-state index in [1.807, 2.05) is 22.6 Å². The molecule has 0 radical (unpaired) electrons. The number of hydrogen-bond acceptors (Lipinski definition) is 5. The number of carbonyl (C=O) groups excluding carboxylic acids is 4. The predicted octanol–water partition coefficient (Wildman–Crippen LogP) is 2.76. The lowest BCUT2D eigenvalue weighted by Crippen LogP contribution is -2.56. The molecule has 2 heterocycles. The summed E-state index contributed by atoms with van der Waals surface area (Å²) >= 11 is 2.01. The molecule has 1 saturated heterocycles. The average Bonchev–Trinajstić information content (AvgIpc) is 2.89. The molecule has 2 aliphatic heterocycles. The van der Waals surface area contributed by atoms with Crippen molar-refractivity contribution >= 4 is 54.3 Å². The van der Waals surface area contributed by atoms with Gasteiger partial charge in [0.25, 0.3) is 17.7 Å². The molecule has 1 atom stereocenters. The van der Waals surface area contributed by atoms with Crippen molar-refractivity contribution in [1.29, 1.82) is 0 Å². The van der Waals surface area contributed by atoms with Gasteiger partial charge >= 0.3 is 0 Å². The van der Waals surface area contributed by atoms with Crippen LogP contribution in [0.2, 0.25) is 25.7 Å². The summed E-state index contributed by atoms with van der Waals surface area (Å²) in [5, 5.41) is 0. The number of imide groups is 2. The van der Waals surface area contributed by atoms with Crippen molar-refractivity contribution in [2.75, 3.05) is 19.8 Å². The molecule has 4 amide bonds. The first-order valence-electron chi connectivity index (χ1n) is 9.70. The SMILES string of the molecule is C[Si](C)(C)CCOCCN1C(=O)CCC(N2C(=O)c3cccc(I)c3C2=O)C1=O. The van der Waals surface area contributed by atoms with Crippen LogP contribution in [-0.4, -0.2) is 67.3 Å². The molecule has 7 nitrogen and oxygen atoms in total. The molecule has 29 heavy (non-hydrogen) atoms. The Labute approximate surface area is 184 Å². The van der Waals surface area contributed by atoms with Crippen molar-refractivity contribution in [2.24, 2.45) is 0 Å². The fraction of sp³-hybridized carbons (Fsp3) is 0.500. The van der Waals surface area contributed by atoms with E-state index < -0.39 is 31.8 Å². The van der Waals surface area contributed by atoms with Crippen molar-refractivity contribution in [3.8, 4) is 0 Å². The minimum atomic E-state index is -1.21. The van der Waals surface area contributed by atoms with E-state index in [2.05, 4.69) is 19.6 Å². The number of fused-ring (bicyclic) bond motifs is 1. The quantitative estimate of drug-likeness (QED) is 0.235. The molecule has 3 rings (SSSR count). The van der Waals surface area contributed by atoms with Crippen LogP contribution in [0.3, 0.4) is 0 Å². The molecule has 2 aliphatic rings. The molecule has 156 valence electrons. The normalized spacial score (nSPS) is 19.9. The summed E-state index contributed by atoms with van der Waals surface area (Å²) in [6, 6.07) is 5.12. The Morgan fingerprint density at radius 3 is 2.48 bits per heavy atom. The van der Waals surface area contributed by atoms with E-state index in [0.29, 0.717) is 21.3 Å². The van der Waals surface area contributed by atoms with Crippen LogP contribution in [0.1, 0.15) is 33.6 Å². The number of hydrogen-bond donors (Lipinski definition) is 0. The molecule has 1 fully saturated rings. The van der Waals surface area contributed by atoms with Gasteiger partial charge < -0.3 is 4.74 Å². The van der Waals surface area contributed by atoms with Gasteiger partial charge in [-0.2, -0.15) is 0 Å². The maximum Gasteiger partial charge on any atom is 0.263 e. The van der Waals surface area contributed by atoms with Gasteiger partial charge in [-0.05, 0) is 47.2 Å². The van der Waals surface area contributed by atoms with Gasteiger partial charge in [-0.25, -0.2) is 0 Å². The molecule has 0 saturated carbocycles. The third kappa shape index (κ3) is 4.61. The highest BCUT2D eigenvalue weighted by atomic mass is 127. The Hall–Kier alpha value is -1.59. The Bertz CT molecular complexity index is 867. The summed E-state index contributed by atoms with van der Waals surface area (Å²) in [5.41, 5.74) is 0.650. The maximum absolute atomic E-state index is 13.0. The Kier molecular flexibility index (Phi) is 6.59. The van der Waals surface area contributed by atoms with Crippen molar-refractivity contribution in [1.82, 2.24) is 9.80 Å². The van der Waals surface area contributed by atoms with Crippen LogP contribution in [0.15, 0.2) is 18.2 Å². The van der Waals surface area contributed by atoms with Crippen molar-refractivity contribution < 1.29 is 23.9 Å². The summed E-state index contributed by atoms with van der Waals surface area (Å²) in [7, 11) is -1.21. The number of ether oxygens (including phenoxy) is 1. The number of halogens is 1. The topological polar surface area (TPSA) is 84.0 Å². The fourth-order valence-corrected chi connectivity index (χ4v) is 4.96. The van der Waals surface area contributed by atoms with Gasteiger partial charge in [0.1, 0.15) is 6.04 Å². The van der Waals surface area contributed by atoms with Crippen LogP contribution < -0.4 is 0 Å². The first kappa shape index (κ1) is 22.1. The summed E-state index contributed by atoms with van der Waals surface area (Å²) in [6.07, 6.45) is 0.280. The van der Waals surface area contributed by atoms with Crippen molar-refractivity contribution in [3.63, 3.8) is 0 Å². The van der Waals surface area contributed by atoms with Crippen LogP contribution in [0.4, 0.5) is 0 Å². The number of benzene rings is 1. The monoisotopic (exact) mass is 528 g/mol. The van der Waals surface area contributed by atoms with Crippen LogP contribution in [0.25, 0.3) is 0 Å². The molecule has 0 N–H and O–H groups in total. The molecular weight excluding hydrogens is 503 g/mol. The summed E-state index contributed by atoms with van der Waals surface area (Å²) in [6.45, 7) is 7.76. The second-order valence-electron chi connectivity index (χ2n) is 8.50. The largest absolute Gasteiger partial charge is 0.380 e. The zero-order valence-corrected chi connectivity index (χ0v) is 20.0. The second-order valence-corrected chi connectivity index (χ2v) is 15.3. The van der Waals surface area contributed by atoms with Gasteiger partial charge in [0, 0.05) is 24.7 Å². The van der Waals surface area contributed by atoms with Gasteiger partial charge in [-0.15, -0.1) is 0 Å². The number of carbonyl (C=O) groups is 4. The fourth-order valence-electron chi connectivity index (χ4n) is 3.48. The van der Waals surface area contributed by atoms with E-state index in [0.717, 1.165) is 15.8 Å². The summed E-state index contributed by atoms with van der Waals surface area (Å²) in [5.74, 6) is -1.72. The van der Waals surface area contributed by atoms with Gasteiger partial charge in [0.2, 0.25) is 5.91 Å². The minimum absolute atomic E-state index is 0.121. The second kappa shape index (κ2) is 8.64. The molecular formula is C20H25IN2O5Si. The standard InChI is InChI=1S/C20H25IN2O5Si/c1-29(2,3)12-11-28-10-9-22-16(24)8-7-15(19(22)26)23-18(25)13-5-4-6-14(21)17(13)20(23)27/h4-6,15H,7-12H2,1-3H3. The lowest BCUT2D eigenvalue weighted by Gasteiger charge is -2.34. The van der Waals surface area contributed by atoms with Crippen LogP contribution in [-0.2, 0) is 14.3 Å². The third-order valence-corrected chi connectivity index (χ3v) is 7.75. The lowest BCUT2D eigenvalue weighted by molar-refractivity contribution is -0.152. The lowest BCUT2D eigenvalue weighted by atomic mass is 10.0. The molecule has 0 aromatic heterocycles. The van der Waals surface area contributed by atoms with E-state index in [4.69, 9.17) is 4.74 Å². The Balaban J connectivity index is 1.68. The first-order chi connectivity index (χ1) is 13.6. The van der Waals surface area contributed by atoms with E-state index in [-0.39, 0.29) is 31.9 Å². The molecule has 9 heteroatoms. The van der Waals surface area contributed by atoms with Crippen molar-refractivity contribution in [2.45, 2.75) is 44.6 Å². The minimum Gasteiger partial charge on any atom is -0.380 e. The third-order valence-electron chi connectivity index (χ3n) is 5.15. The molecule has 0 aliphatic carbocycles. The highest BCUT2D eigenvalue weighted by molar-refractivity contribution is 14.1. The highest BCUT2D eigenvalue weighted by Gasteiger charge is 2.47. The molecule has 0 spiro atoms. The number of nitrogens with zero attached hydrogens (tertiary/aromatic N) is 2. The summed E-state index contributed by atoms with van der Waals surface area (Å²) in [4.78, 5) is 53.1. The maximum atomic E-state index is 13.0. The highest BCUT2D eigenvalue weighted by Crippen LogP contribution is 2.31. The van der Waals surface area contributed by atoms with Crippen LogP contribution in [0.5, 0.6) is 0 Å². The van der Waals surface area contributed by atoms with Gasteiger partial charge in [-0.3, -0.25) is 29.0 Å². The van der Waals surface area contributed by atoms with E-state index >= 15 is 0 Å². The number of amides is 4. The average molecular weight is 528 g/mol. The molecule has 0 bridgehead atoms. The zero-order chi connectivity index (χ0) is 21.3. The Morgan fingerprint density at radius 2 is 1.83 bits per heavy atom. The molecule has 1 aromatic rings. The van der Waals surface area contributed by atoms with Crippen molar-refractivity contribution in [3.05, 3.63) is 32.9 Å². The van der Waals surface area contributed by atoms with Gasteiger partial charge in [0.15, 0.2) is 0 Å². The van der Waals surface area contributed by atoms with Crippen LogP contribution >= 0.6 is 22.6 Å². The smallest absolute Gasteiger partial charge is 0.263 e. The van der Waals surface area contributed by atoms with E-state index in [1.165, 1.54) is 0 Å². The number of rotatable bonds is 7. The Morgan fingerprint density at radius 1 is 1.10 bits per heavy atom. The van der Waals surface area contributed by atoms with E-state index in [1.54, 1.807) is 18.2 Å². The van der Waals surface area contributed by atoms with Gasteiger partial charge in [0.05, 0.1) is 24.3 Å². The first-order valence-corrected chi connectivity index (χ1v) is 14.5. The molecule has 1 unspecified atom stereocenters. The number of piperidine rings is 1. The summed E-state index contributed by atoms with van der Waals surface area (Å²) < 4.78 is 6.29. The number of likely N-dealkylation sites (tertiary alicyclic amines) is 1. The molecule has 1 aromatic carbocycles. The predicted molar refractivity (Wildman–Crippen MR) is 118 cm³/mol. The zero-order valence-electron chi connectivity index (χ0n) is 16.9. The van der Waals surface area contributed by atoms with Crippen LogP contribution in [0, 0.1) is 3.57 Å². The van der Waals surface area contributed by atoms with E-state index in [9.17, 15) is 19.2 Å².